The van der Waals surface area contributed by atoms with Gasteiger partial charge in [0.1, 0.15) is 17.5 Å². The van der Waals surface area contributed by atoms with Crippen molar-refractivity contribution in [3.63, 3.8) is 0 Å². The molecule has 2 heterocycles. The summed E-state index contributed by atoms with van der Waals surface area (Å²) in [6.07, 6.45) is 4.31. The molecule has 0 amide bonds. The van der Waals surface area contributed by atoms with E-state index >= 15 is 0 Å². The first-order chi connectivity index (χ1) is 10.2. The summed E-state index contributed by atoms with van der Waals surface area (Å²) in [5.74, 6) is 3.29. The first-order valence-electron chi connectivity index (χ1n) is 7.51. The Morgan fingerprint density at radius 3 is 2.52 bits per heavy atom. The van der Waals surface area contributed by atoms with E-state index in [0.29, 0.717) is 5.92 Å². The highest BCUT2D eigenvalue weighted by atomic mass is 15.3. The van der Waals surface area contributed by atoms with Gasteiger partial charge in [-0.2, -0.15) is 5.10 Å². The monoisotopic (exact) mass is 286 g/mol. The maximum Gasteiger partial charge on any atom is 0.136 e. The molecule has 0 bridgehead atoms. The molecular formula is C15H22N6. The van der Waals surface area contributed by atoms with Gasteiger partial charge in [-0.25, -0.2) is 9.97 Å². The Balaban J connectivity index is 1.76. The first-order valence-corrected chi connectivity index (χ1v) is 7.51. The predicted molar refractivity (Wildman–Crippen MR) is 83.4 cm³/mol. The number of nitrogens with one attached hydrogen (secondary N) is 2. The average Bonchev–Trinajstić information content (AvgIpc) is 3.27. The van der Waals surface area contributed by atoms with Gasteiger partial charge >= 0.3 is 0 Å². The van der Waals surface area contributed by atoms with E-state index in [4.69, 9.17) is 0 Å². The van der Waals surface area contributed by atoms with Crippen molar-refractivity contribution >= 4 is 11.6 Å². The van der Waals surface area contributed by atoms with E-state index in [-0.39, 0.29) is 0 Å². The molecule has 1 saturated carbocycles. The molecule has 1 aliphatic carbocycles. The maximum absolute atomic E-state index is 4.64. The molecule has 0 saturated heterocycles. The number of hydrogen-bond acceptors (Lipinski definition) is 5. The molecule has 0 unspecified atom stereocenters. The van der Waals surface area contributed by atoms with Gasteiger partial charge in [-0.3, -0.25) is 4.68 Å². The van der Waals surface area contributed by atoms with Crippen molar-refractivity contribution in [2.75, 3.05) is 17.2 Å². The molecule has 21 heavy (non-hydrogen) atoms. The number of aryl methyl sites for hydroxylation is 1. The van der Waals surface area contributed by atoms with Crippen LogP contribution in [0.15, 0.2) is 12.3 Å². The zero-order chi connectivity index (χ0) is 14.8. The van der Waals surface area contributed by atoms with Crippen molar-refractivity contribution in [2.45, 2.75) is 39.2 Å². The fourth-order valence-corrected chi connectivity index (χ4v) is 2.26. The molecule has 0 spiro atoms. The fraction of sp³-hybridized carbons (Fsp3) is 0.533. The number of nitrogens with zero attached hydrogens (tertiary/aromatic N) is 4. The standard InChI is InChI=1S/C15H22N6/c1-4-16-13-7-14(20-15(19-13)11-5-6-11)17-8-12-9-18-21(3)10(12)2/h7,9,11H,4-6,8H2,1-3H3,(H2,16,17,19,20). The van der Waals surface area contributed by atoms with Crippen LogP contribution in [0.3, 0.4) is 0 Å². The Morgan fingerprint density at radius 1 is 1.24 bits per heavy atom. The van der Waals surface area contributed by atoms with Crippen LogP contribution in [-0.2, 0) is 13.6 Å². The third-order valence-corrected chi connectivity index (χ3v) is 3.84. The van der Waals surface area contributed by atoms with E-state index in [1.165, 1.54) is 24.1 Å². The number of anilines is 2. The summed E-state index contributed by atoms with van der Waals surface area (Å²) in [5, 5.41) is 10.9. The van der Waals surface area contributed by atoms with Gasteiger partial charge in [-0.15, -0.1) is 0 Å². The zero-order valence-corrected chi connectivity index (χ0v) is 12.8. The second kappa shape index (κ2) is 5.71. The van der Waals surface area contributed by atoms with Crippen LogP contribution in [-0.4, -0.2) is 26.3 Å². The van der Waals surface area contributed by atoms with Gasteiger partial charge in [-0.05, 0) is 26.7 Å². The number of aromatic nitrogens is 4. The molecule has 1 aliphatic rings. The highest BCUT2D eigenvalue weighted by Crippen LogP contribution is 2.38. The van der Waals surface area contributed by atoms with Crippen molar-refractivity contribution in [2.24, 2.45) is 7.05 Å². The third-order valence-electron chi connectivity index (χ3n) is 3.84. The highest BCUT2D eigenvalue weighted by Gasteiger charge is 2.27. The van der Waals surface area contributed by atoms with E-state index in [0.717, 1.165) is 30.5 Å². The van der Waals surface area contributed by atoms with Gasteiger partial charge in [0, 0.05) is 43.4 Å². The lowest BCUT2D eigenvalue weighted by atomic mass is 10.2. The summed E-state index contributed by atoms with van der Waals surface area (Å²) in [5.41, 5.74) is 2.36. The lowest BCUT2D eigenvalue weighted by Crippen LogP contribution is -2.08. The molecule has 112 valence electrons. The summed E-state index contributed by atoms with van der Waals surface area (Å²) < 4.78 is 1.89. The molecule has 2 N–H and O–H groups in total. The van der Waals surface area contributed by atoms with Crippen LogP contribution >= 0.6 is 0 Å². The Morgan fingerprint density at radius 2 is 1.95 bits per heavy atom. The zero-order valence-electron chi connectivity index (χ0n) is 12.8. The minimum absolute atomic E-state index is 0.546. The van der Waals surface area contributed by atoms with Crippen LogP contribution in [0.4, 0.5) is 11.6 Å². The summed E-state index contributed by atoms with van der Waals surface area (Å²) in [4.78, 5) is 9.22. The molecule has 1 fully saturated rings. The fourth-order valence-electron chi connectivity index (χ4n) is 2.26. The Hall–Kier alpha value is -2.11. The Bertz CT molecular complexity index is 629. The van der Waals surface area contributed by atoms with Crippen molar-refractivity contribution < 1.29 is 0 Å². The molecule has 2 aromatic heterocycles. The van der Waals surface area contributed by atoms with Crippen LogP contribution < -0.4 is 10.6 Å². The van der Waals surface area contributed by atoms with Crippen molar-refractivity contribution in [3.05, 3.63) is 29.3 Å². The molecule has 3 rings (SSSR count). The smallest absolute Gasteiger partial charge is 0.136 e. The SMILES string of the molecule is CCNc1cc(NCc2cnn(C)c2C)nc(C2CC2)n1. The van der Waals surface area contributed by atoms with Gasteiger partial charge in [0.05, 0.1) is 6.20 Å². The quantitative estimate of drug-likeness (QED) is 0.853. The van der Waals surface area contributed by atoms with E-state index < -0.39 is 0 Å². The van der Waals surface area contributed by atoms with Crippen LogP contribution in [0.1, 0.15) is 42.8 Å². The van der Waals surface area contributed by atoms with E-state index in [1.54, 1.807) is 0 Å². The minimum Gasteiger partial charge on any atom is -0.370 e. The summed E-state index contributed by atoms with van der Waals surface area (Å²) >= 11 is 0. The number of rotatable bonds is 6. The lowest BCUT2D eigenvalue weighted by molar-refractivity contribution is 0.738. The predicted octanol–water partition coefficient (Wildman–Crippen LogP) is 2.44. The highest BCUT2D eigenvalue weighted by molar-refractivity contribution is 5.48. The molecule has 6 heteroatoms. The molecule has 0 atom stereocenters. The van der Waals surface area contributed by atoms with Gasteiger partial charge in [0.15, 0.2) is 0 Å². The second-order valence-corrected chi connectivity index (χ2v) is 5.53. The summed E-state index contributed by atoms with van der Waals surface area (Å²) in [6.45, 7) is 5.74. The van der Waals surface area contributed by atoms with Gasteiger partial charge in [0.2, 0.25) is 0 Å². The normalized spacial score (nSPS) is 14.2. The van der Waals surface area contributed by atoms with Crippen LogP contribution in [0.25, 0.3) is 0 Å². The van der Waals surface area contributed by atoms with Crippen LogP contribution in [0, 0.1) is 6.92 Å². The van der Waals surface area contributed by atoms with Crippen LogP contribution in [0.2, 0.25) is 0 Å². The Kier molecular flexibility index (Phi) is 3.77. The third kappa shape index (κ3) is 3.15. The summed E-state index contributed by atoms with van der Waals surface area (Å²) in [7, 11) is 1.96. The average molecular weight is 286 g/mol. The lowest BCUT2D eigenvalue weighted by Gasteiger charge is -2.10. The maximum atomic E-state index is 4.64. The molecule has 0 aliphatic heterocycles. The first kappa shape index (κ1) is 13.9. The van der Waals surface area contributed by atoms with Crippen molar-refractivity contribution in [3.8, 4) is 0 Å². The number of hydrogen-bond donors (Lipinski definition) is 2. The second-order valence-electron chi connectivity index (χ2n) is 5.53. The topological polar surface area (TPSA) is 67.7 Å². The molecule has 2 aromatic rings. The van der Waals surface area contributed by atoms with Gasteiger partial charge < -0.3 is 10.6 Å². The van der Waals surface area contributed by atoms with E-state index in [1.807, 2.05) is 24.0 Å². The van der Waals surface area contributed by atoms with E-state index in [9.17, 15) is 0 Å². The van der Waals surface area contributed by atoms with E-state index in [2.05, 4.69) is 39.5 Å². The molecule has 6 nitrogen and oxygen atoms in total. The van der Waals surface area contributed by atoms with Crippen molar-refractivity contribution in [1.82, 2.24) is 19.7 Å². The van der Waals surface area contributed by atoms with Crippen LogP contribution in [0.5, 0.6) is 0 Å². The van der Waals surface area contributed by atoms with Gasteiger partial charge in [-0.1, -0.05) is 0 Å². The molecular weight excluding hydrogens is 264 g/mol. The molecule has 0 radical (unpaired) electrons. The van der Waals surface area contributed by atoms with Gasteiger partial charge in [0.25, 0.3) is 0 Å². The largest absolute Gasteiger partial charge is 0.370 e. The minimum atomic E-state index is 0.546. The Labute approximate surface area is 125 Å². The summed E-state index contributed by atoms with van der Waals surface area (Å²) in [6, 6.07) is 1.97. The molecule has 0 aromatic carbocycles. The van der Waals surface area contributed by atoms with Crippen molar-refractivity contribution in [1.29, 1.82) is 0 Å².